The Morgan fingerprint density at radius 1 is 1.04 bits per heavy atom. The molecular weight excluding hydrogens is 302 g/mol. The molecule has 1 aliphatic rings. The monoisotopic (exact) mass is 323 g/mol. The molecular formula is C19H21N3O2. The molecule has 2 amide bonds. The Morgan fingerprint density at radius 3 is 2.46 bits per heavy atom. The summed E-state index contributed by atoms with van der Waals surface area (Å²) in [6, 6.07) is 10.8. The Bertz CT molecular complexity index is 780. The molecule has 0 radical (unpaired) electrons. The van der Waals surface area contributed by atoms with Crippen LogP contribution in [0.5, 0.6) is 0 Å². The molecule has 5 heteroatoms. The highest BCUT2D eigenvalue weighted by molar-refractivity contribution is 6.04. The van der Waals surface area contributed by atoms with Gasteiger partial charge in [-0.25, -0.2) is 4.98 Å². The third-order valence-electron chi connectivity index (χ3n) is 4.22. The van der Waals surface area contributed by atoms with Gasteiger partial charge in [-0.15, -0.1) is 0 Å². The Labute approximate surface area is 141 Å². The highest BCUT2D eigenvalue weighted by atomic mass is 16.2. The summed E-state index contributed by atoms with van der Waals surface area (Å²) in [5.41, 5.74) is 3.46. The number of rotatable bonds is 3. The lowest BCUT2D eigenvalue weighted by molar-refractivity contribution is 0.0787. The first-order chi connectivity index (χ1) is 11.5. The second kappa shape index (κ2) is 6.83. The zero-order valence-electron chi connectivity index (χ0n) is 14.0. The quantitative estimate of drug-likeness (QED) is 0.943. The van der Waals surface area contributed by atoms with E-state index in [9.17, 15) is 9.59 Å². The van der Waals surface area contributed by atoms with Gasteiger partial charge < -0.3 is 10.2 Å². The number of carbonyl (C=O) groups excluding carboxylic acids is 2. The number of benzene rings is 1. The van der Waals surface area contributed by atoms with Crippen molar-refractivity contribution in [1.29, 1.82) is 0 Å². The molecule has 0 aliphatic carbocycles. The van der Waals surface area contributed by atoms with Crippen LogP contribution in [0.1, 0.15) is 44.9 Å². The van der Waals surface area contributed by atoms with Crippen LogP contribution < -0.4 is 5.32 Å². The van der Waals surface area contributed by atoms with Crippen molar-refractivity contribution in [2.24, 2.45) is 0 Å². The molecule has 1 aromatic heterocycles. The van der Waals surface area contributed by atoms with Crippen molar-refractivity contribution in [3.8, 4) is 0 Å². The molecule has 1 saturated heterocycles. The van der Waals surface area contributed by atoms with Crippen LogP contribution in [0.2, 0.25) is 0 Å². The Kier molecular flexibility index (Phi) is 4.60. The van der Waals surface area contributed by atoms with E-state index in [1.165, 1.54) is 0 Å². The molecule has 24 heavy (non-hydrogen) atoms. The highest BCUT2D eigenvalue weighted by Gasteiger charge is 2.21. The van der Waals surface area contributed by atoms with Crippen molar-refractivity contribution in [3.63, 3.8) is 0 Å². The first-order valence-electron chi connectivity index (χ1n) is 8.19. The van der Waals surface area contributed by atoms with Crippen LogP contribution in [0, 0.1) is 13.8 Å². The summed E-state index contributed by atoms with van der Waals surface area (Å²) in [5, 5.41) is 2.86. The zero-order valence-corrected chi connectivity index (χ0v) is 14.0. The number of aryl methyl sites for hydroxylation is 2. The maximum absolute atomic E-state index is 12.4. The molecule has 1 aliphatic heterocycles. The van der Waals surface area contributed by atoms with Crippen LogP contribution in [-0.2, 0) is 0 Å². The summed E-state index contributed by atoms with van der Waals surface area (Å²) < 4.78 is 0. The van der Waals surface area contributed by atoms with Crippen LogP contribution in [0.4, 0.5) is 5.69 Å². The second-order valence-electron chi connectivity index (χ2n) is 6.18. The van der Waals surface area contributed by atoms with Crippen molar-refractivity contribution in [2.45, 2.75) is 26.7 Å². The van der Waals surface area contributed by atoms with E-state index >= 15 is 0 Å². The van der Waals surface area contributed by atoms with Gasteiger partial charge in [0.25, 0.3) is 11.8 Å². The molecule has 0 atom stereocenters. The predicted molar refractivity (Wildman–Crippen MR) is 93.2 cm³/mol. The molecule has 1 aromatic carbocycles. The smallest absolute Gasteiger partial charge is 0.274 e. The summed E-state index contributed by atoms with van der Waals surface area (Å²) in [5.74, 6) is -0.410. The fourth-order valence-corrected chi connectivity index (χ4v) is 2.90. The number of hydrogen-bond donors (Lipinski definition) is 1. The minimum atomic E-state index is -0.307. The normalized spacial score (nSPS) is 13.8. The van der Waals surface area contributed by atoms with Gasteiger partial charge >= 0.3 is 0 Å². The van der Waals surface area contributed by atoms with Gasteiger partial charge in [-0.05, 0) is 50.5 Å². The largest absolute Gasteiger partial charge is 0.337 e. The number of pyridine rings is 1. The first kappa shape index (κ1) is 16.2. The number of likely N-dealkylation sites (tertiary alicyclic amines) is 1. The van der Waals surface area contributed by atoms with Crippen LogP contribution >= 0.6 is 0 Å². The maximum atomic E-state index is 12.4. The van der Waals surface area contributed by atoms with Gasteiger partial charge in [0.15, 0.2) is 0 Å². The van der Waals surface area contributed by atoms with Crippen LogP contribution in [0.15, 0.2) is 36.4 Å². The van der Waals surface area contributed by atoms with Gasteiger partial charge in [0, 0.05) is 18.8 Å². The minimum Gasteiger partial charge on any atom is -0.337 e. The molecule has 0 bridgehead atoms. The van der Waals surface area contributed by atoms with Gasteiger partial charge in [0.05, 0.1) is 0 Å². The molecule has 124 valence electrons. The number of carbonyl (C=O) groups is 2. The van der Waals surface area contributed by atoms with E-state index in [1.807, 2.05) is 32.0 Å². The van der Waals surface area contributed by atoms with Gasteiger partial charge in [0.2, 0.25) is 0 Å². The number of aromatic nitrogens is 1. The number of hydrogen-bond acceptors (Lipinski definition) is 3. The summed E-state index contributed by atoms with van der Waals surface area (Å²) in [6.45, 7) is 5.48. The summed E-state index contributed by atoms with van der Waals surface area (Å²) in [6.07, 6.45) is 2.05. The third kappa shape index (κ3) is 3.45. The summed E-state index contributed by atoms with van der Waals surface area (Å²) in [7, 11) is 0. The average Bonchev–Trinajstić information content (AvgIpc) is 3.11. The fraction of sp³-hybridized carbons (Fsp3) is 0.316. The Balaban J connectivity index is 1.77. The molecule has 3 rings (SSSR count). The lowest BCUT2D eigenvalue weighted by Crippen LogP contribution is -2.29. The molecule has 2 heterocycles. The van der Waals surface area contributed by atoms with Gasteiger partial charge in [-0.1, -0.05) is 23.8 Å². The van der Waals surface area contributed by atoms with Crippen LogP contribution in [0.3, 0.4) is 0 Å². The third-order valence-corrected chi connectivity index (χ3v) is 4.22. The molecule has 5 nitrogen and oxygen atoms in total. The van der Waals surface area contributed by atoms with Gasteiger partial charge in [-0.2, -0.15) is 0 Å². The number of amides is 2. The maximum Gasteiger partial charge on any atom is 0.274 e. The first-order valence-corrected chi connectivity index (χ1v) is 8.19. The number of anilines is 1. The topological polar surface area (TPSA) is 62.3 Å². The van der Waals surface area contributed by atoms with E-state index < -0.39 is 0 Å². The molecule has 1 fully saturated rings. The van der Waals surface area contributed by atoms with E-state index in [0.29, 0.717) is 5.69 Å². The van der Waals surface area contributed by atoms with Crippen LogP contribution in [0.25, 0.3) is 0 Å². The lowest BCUT2D eigenvalue weighted by Gasteiger charge is -2.15. The van der Waals surface area contributed by atoms with Crippen LogP contribution in [-0.4, -0.2) is 34.8 Å². The zero-order chi connectivity index (χ0) is 17.1. The number of nitrogens with one attached hydrogen (secondary N) is 1. The highest BCUT2D eigenvalue weighted by Crippen LogP contribution is 2.17. The molecule has 1 N–H and O–H groups in total. The van der Waals surface area contributed by atoms with E-state index in [4.69, 9.17) is 0 Å². The minimum absolute atomic E-state index is 0.103. The van der Waals surface area contributed by atoms with Crippen molar-refractivity contribution in [1.82, 2.24) is 9.88 Å². The molecule has 2 aromatic rings. The summed E-state index contributed by atoms with van der Waals surface area (Å²) >= 11 is 0. The van der Waals surface area contributed by atoms with E-state index in [2.05, 4.69) is 10.3 Å². The second-order valence-corrected chi connectivity index (χ2v) is 6.18. The average molecular weight is 323 g/mol. The molecule has 0 saturated carbocycles. The van der Waals surface area contributed by atoms with Crippen molar-refractivity contribution in [2.75, 3.05) is 18.4 Å². The standard InChI is InChI=1S/C19H21N3O2/c1-13-8-9-15(14(2)12-13)21-18(23)16-6-5-7-17(20-16)19(24)22-10-3-4-11-22/h5-9,12H,3-4,10-11H2,1-2H3,(H,21,23). The fourth-order valence-electron chi connectivity index (χ4n) is 2.90. The van der Waals surface area contributed by atoms with Crippen molar-refractivity contribution >= 4 is 17.5 Å². The lowest BCUT2D eigenvalue weighted by atomic mass is 10.1. The summed E-state index contributed by atoms with van der Waals surface area (Å²) in [4.78, 5) is 30.9. The molecule has 0 unspecified atom stereocenters. The predicted octanol–water partition coefficient (Wildman–Crippen LogP) is 3.19. The van der Waals surface area contributed by atoms with Crippen molar-refractivity contribution < 1.29 is 9.59 Å². The Morgan fingerprint density at radius 2 is 1.75 bits per heavy atom. The SMILES string of the molecule is Cc1ccc(NC(=O)c2cccc(C(=O)N3CCCC3)n2)c(C)c1. The van der Waals surface area contributed by atoms with E-state index in [0.717, 1.165) is 42.7 Å². The van der Waals surface area contributed by atoms with Crippen molar-refractivity contribution in [3.05, 3.63) is 58.9 Å². The van der Waals surface area contributed by atoms with E-state index in [1.54, 1.807) is 23.1 Å². The van der Waals surface area contributed by atoms with Gasteiger partial charge in [0.1, 0.15) is 11.4 Å². The number of nitrogens with zero attached hydrogens (tertiary/aromatic N) is 2. The van der Waals surface area contributed by atoms with Gasteiger partial charge in [-0.3, -0.25) is 9.59 Å². The van der Waals surface area contributed by atoms with E-state index in [-0.39, 0.29) is 17.5 Å². The molecule has 0 spiro atoms. The Hall–Kier alpha value is -2.69.